The van der Waals surface area contributed by atoms with E-state index in [1.54, 1.807) is 7.05 Å². The first-order valence-corrected chi connectivity index (χ1v) is 8.65. The van der Waals surface area contributed by atoms with Gasteiger partial charge in [0.25, 0.3) is 5.91 Å². The lowest BCUT2D eigenvalue weighted by molar-refractivity contribution is -0.141. The van der Waals surface area contributed by atoms with E-state index in [9.17, 15) is 18.0 Å². The maximum Gasteiger partial charge on any atom is 0.308 e. The van der Waals surface area contributed by atoms with E-state index in [0.717, 1.165) is 4.31 Å². The molecule has 0 fully saturated rings. The van der Waals surface area contributed by atoms with E-state index in [1.807, 2.05) is 6.92 Å². The van der Waals surface area contributed by atoms with Gasteiger partial charge in [-0.05, 0) is 12.5 Å². The van der Waals surface area contributed by atoms with Gasteiger partial charge >= 0.3 is 5.97 Å². The van der Waals surface area contributed by atoms with Crippen LogP contribution in [0, 0.1) is 5.92 Å². The minimum atomic E-state index is -3.63. The number of carboxylic acid groups (broad SMARTS) is 1. The van der Waals surface area contributed by atoms with Gasteiger partial charge in [-0.25, -0.2) is 12.7 Å². The fourth-order valence-electron chi connectivity index (χ4n) is 2.08. The number of aryl methyl sites for hydroxylation is 1. The third-order valence-electron chi connectivity index (χ3n) is 3.49. The Bertz CT molecular complexity index is 679. The second-order valence-electron chi connectivity index (χ2n) is 5.49. The van der Waals surface area contributed by atoms with Gasteiger partial charge in [-0.2, -0.15) is 0 Å². The summed E-state index contributed by atoms with van der Waals surface area (Å²) in [6.45, 7) is 1.87. The fraction of sp³-hybridized carbons (Fsp3) is 0.571. The summed E-state index contributed by atoms with van der Waals surface area (Å²) in [5.41, 5.74) is 0.158. The summed E-state index contributed by atoms with van der Waals surface area (Å²) in [6, 6.07) is 1.28. The summed E-state index contributed by atoms with van der Waals surface area (Å²) in [6.07, 6.45) is 2.51. The van der Waals surface area contributed by atoms with Crippen LogP contribution >= 0.6 is 0 Å². The van der Waals surface area contributed by atoms with Crippen LogP contribution in [0.3, 0.4) is 0 Å². The van der Waals surface area contributed by atoms with Crippen LogP contribution in [0.5, 0.6) is 0 Å². The van der Waals surface area contributed by atoms with Gasteiger partial charge in [0, 0.05) is 33.9 Å². The zero-order valence-corrected chi connectivity index (χ0v) is 14.6. The molecule has 1 unspecified atom stereocenters. The third kappa shape index (κ3) is 4.55. The Kier molecular flexibility index (Phi) is 6.34. The number of rotatable bonds is 8. The van der Waals surface area contributed by atoms with Crippen molar-refractivity contribution in [2.24, 2.45) is 13.0 Å². The Hall–Kier alpha value is -1.87. The largest absolute Gasteiger partial charge is 0.481 e. The minimum Gasteiger partial charge on any atom is -0.481 e. The van der Waals surface area contributed by atoms with E-state index in [-0.39, 0.29) is 17.1 Å². The van der Waals surface area contributed by atoms with Crippen LogP contribution in [0.2, 0.25) is 0 Å². The molecule has 23 heavy (non-hydrogen) atoms. The number of hydrogen-bond acceptors (Lipinski definition) is 4. The molecule has 1 rings (SSSR count). The molecule has 1 aromatic heterocycles. The Labute approximate surface area is 136 Å². The predicted octanol–water partition coefficient (Wildman–Crippen LogP) is 0.506. The van der Waals surface area contributed by atoms with Crippen LogP contribution in [0.1, 0.15) is 30.3 Å². The van der Waals surface area contributed by atoms with Crippen molar-refractivity contribution in [2.45, 2.75) is 24.7 Å². The van der Waals surface area contributed by atoms with Gasteiger partial charge in [0.15, 0.2) is 0 Å². The zero-order valence-electron chi connectivity index (χ0n) is 13.7. The minimum absolute atomic E-state index is 0.00293. The van der Waals surface area contributed by atoms with Crippen LogP contribution in [-0.2, 0) is 21.9 Å². The van der Waals surface area contributed by atoms with Gasteiger partial charge < -0.3 is 15.0 Å². The number of nitrogens with zero attached hydrogens (tertiary/aromatic N) is 2. The van der Waals surface area contributed by atoms with Gasteiger partial charge in [-0.1, -0.05) is 13.3 Å². The number of aliphatic carboxylic acids is 1. The molecule has 8 nitrogen and oxygen atoms in total. The number of carbonyl (C=O) groups excluding carboxylic acids is 1. The first-order chi connectivity index (χ1) is 10.6. The SMILES string of the molecule is CCCC(CNC(=O)c1cc(S(=O)(=O)N(C)C)cn1C)C(=O)O. The quantitative estimate of drug-likeness (QED) is 0.713. The second kappa shape index (κ2) is 7.60. The monoisotopic (exact) mass is 345 g/mol. The molecule has 0 aliphatic carbocycles. The molecular weight excluding hydrogens is 322 g/mol. The van der Waals surface area contributed by atoms with Crippen LogP contribution in [0.25, 0.3) is 0 Å². The number of carbonyl (C=O) groups is 2. The van der Waals surface area contributed by atoms with Crippen molar-refractivity contribution in [3.8, 4) is 0 Å². The third-order valence-corrected chi connectivity index (χ3v) is 5.27. The lowest BCUT2D eigenvalue weighted by atomic mass is 10.0. The van der Waals surface area contributed by atoms with Gasteiger partial charge in [-0.3, -0.25) is 9.59 Å². The number of carboxylic acids is 1. The Morgan fingerprint density at radius 1 is 1.39 bits per heavy atom. The highest BCUT2D eigenvalue weighted by Crippen LogP contribution is 2.16. The van der Waals surface area contributed by atoms with Crippen LogP contribution < -0.4 is 5.32 Å². The van der Waals surface area contributed by atoms with Crippen LogP contribution in [-0.4, -0.2) is 54.9 Å². The number of sulfonamides is 1. The summed E-state index contributed by atoms with van der Waals surface area (Å²) >= 11 is 0. The standard InChI is InChI=1S/C14H23N3O5S/c1-5-6-10(14(19)20)8-15-13(18)12-7-11(9-17(12)4)23(21,22)16(2)3/h7,9-10H,5-6,8H2,1-4H3,(H,15,18)(H,19,20). The second-order valence-corrected chi connectivity index (χ2v) is 7.65. The smallest absolute Gasteiger partial charge is 0.308 e. The zero-order chi connectivity index (χ0) is 17.8. The molecule has 1 aromatic rings. The number of nitrogens with one attached hydrogen (secondary N) is 1. The van der Waals surface area contributed by atoms with Crippen molar-refractivity contribution in [1.29, 1.82) is 0 Å². The maximum atomic E-state index is 12.2. The van der Waals surface area contributed by atoms with Crippen molar-refractivity contribution in [2.75, 3.05) is 20.6 Å². The topological polar surface area (TPSA) is 109 Å². The molecule has 0 spiro atoms. The molecule has 2 N–H and O–H groups in total. The van der Waals surface area contributed by atoms with Gasteiger partial charge in [0.1, 0.15) is 10.6 Å². The molecule has 1 atom stereocenters. The highest BCUT2D eigenvalue weighted by molar-refractivity contribution is 7.89. The van der Waals surface area contributed by atoms with Crippen molar-refractivity contribution in [1.82, 2.24) is 14.2 Å². The molecular formula is C14H23N3O5S. The Balaban J connectivity index is 2.90. The molecule has 1 heterocycles. The van der Waals surface area contributed by atoms with E-state index in [1.165, 1.54) is 30.9 Å². The van der Waals surface area contributed by atoms with Gasteiger partial charge in [0.2, 0.25) is 10.0 Å². The summed E-state index contributed by atoms with van der Waals surface area (Å²) in [4.78, 5) is 23.3. The first kappa shape index (κ1) is 19.2. The molecule has 0 aromatic carbocycles. The van der Waals surface area contributed by atoms with E-state index >= 15 is 0 Å². The van der Waals surface area contributed by atoms with Crippen LogP contribution in [0.4, 0.5) is 0 Å². The summed E-state index contributed by atoms with van der Waals surface area (Å²) in [7, 11) is 0.747. The molecule has 0 saturated heterocycles. The number of amides is 1. The Morgan fingerprint density at radius 3 is 2.48 bits per heavy atom. The normalized spacial score (nSPS) is 13.1. The lowest BCUT2D eigenvalue weighted by Gasteiger charge is -2.12. The summed E-state index contributed by atoms with van der Waals surface area (Å²) in [5, 5.41) is 11.6. The molecule has 0 radical (unpaired) electrons. The highest BCUT2D eigenvalue weighted by atomic mass is 32.2. The average Bonchev–Trinajstić information content (AvgIpc) is 2.85. The molecule has 0 aliphatic rings. The van der Waals surface area contributed by atoms with Gasteiger partial charge in [0.05, 0.1) is 5.92 Å². The molecule has 130 valence electrons. The molecule has 1 amide bonds. The fourth-order valence-corrected chi connectivity index (χ4v) is 3.05. The molecule has 0 aliphatic heterocycles. The maximum absolute atomic E-state index is 12.2. The van der Waals surface area contributed by atoms with E-state index in [2.05, 4.69) is 5.32 Å². The van der Waals surface area contributed by atoms with Crippen molar-refractivity contribution >= 4 is 21.9 Å². The van der Waals surface area contributed by atoms with E-state index < -0.39 is 27.8 Å². The van der Waals surface area contributed by atoms with Crippen molar-refractivity contribution in [3.05, 3.63) is 18.0 Å². The number of hydrogen-bond donors (Lipinski definition) is 2. The lowest BCUT2D eigenvalue weighted by Crippen LogP contribution is -2.33. The van der Waals surface area contributed by atoms with Crippen molar-refractivity contribution < 1.29 is 23.1 Å². The Morgan fingerprint density at radius 2 is 2.00 bits per heavy atom. The summed E-state index contributed by atoms with van der Waals surface area (Å²) < 4.78 is 26.6. The van der Waals surface area contributed by atoms with E-state index in [0.29, 0.717) is 12.8 Å². The number of aromatic nitrogens is 1. The predicted molar refractivity (Wildman–Crippen MR) is 84.7 cm³/mol. The van der Waals surface area contributed by atoms with Crippen molar-refractivity contribution in [3.63, 3.8) is 0 Å². The van der Waals surface area contributed by atoms with E-state index in [4.69, 9.17) is 5.11 Å². The average molecular weight is 345 g/mol. The highest BCUT2D eigenvalue weighted by Gasteiger charge is 2.23. The molecule has 0 saturated carbocycles. The van der Waals surface area contributed by atoms with Crippen LogP contribution in [0.15, 0.2) is 17.2 Å². The molecule has 9 heteroatoms. The van der Waals surface area contributed by atoms with Gasteiger partial charge in [-0.15, -0.1) is 0 Å². The molecule has 0 bridgehead atoms. The summed E-state index contributed by atoms with van der Waals surface area (Å²) in [5.74, 6) is -2.13. The first-order valence-electron chi connectivity index (χ1n) is 7.21.